The number of carbonyl (C=O) groups is 1. The van der Waals surface area contributed by atoms with Crippen molar-refractivity contribution in [2.24, 2.45) is 0 Å². The highest BCUT2D eigenvalue weighted by Crippen LogP contribution is 2.21. The van der Waals surface area contributed by atoms with Crippen LogP contribution in [0.3, 0.4) is 0 Å². The zero-order chi connectivity index (χ0) is 14.3. The number of aliphatic hydroxyl groups is 1. The van der Waals surface area contributed by atoms with Crippen molar-refractivity contribution in [1.82, 2.24) is 9.80 Å². The van der Waals surface area contributed by atoms with Gasteiger partial charge in [-0.1, -0.05) is 0 Å². The molecular weight excluding hydrogens is 242 g/mol. The van der Waals surface area contributed by atoms with Crippen molar-refractivity contribution in [3.63, 3.8) is 0 Å². The number of nitriles is 1. The lowest BCUT2D eigenvalue weighted by Crippen LogP contribution is -2.41. The highest BCUT2D eigenvalue weighted by Gasteiger charge is 2.26. The number of hydrogen-bond acceptors (Lipinski definition) is 4. The lowest BCUT2D eigenvalue weighted by molar-refractivity contribution is -0.132. The summed E-state index contributed by atoms with van der Waals surface area (Å²) in [5.74, 6) is 0.0827. The molecule has 0 aromatic carbocycles. The average Bonchev–Trinajstić information content (AvgIpc) is 2.52. The average molecular weight is 267 g/mol. The number of nitrogens with zero attached hydrogens (tertiary/aromatic N) is 3. The van der Waals surface area contributed by atoms with Crippen molar-refractivity contribution < 1.29 is 9.90 Å². The molecule has 1 aliphatic heterocycles. The second-order valence-corrected chi connectivity index (χ2v) is 5.51. The van der Waals surface area contributed by atoms with E-state index in [0.29, 0.717) is 32.5 Å². The molecule has 1 aliphatic rings. The van der Waals surface area contributed by atoms with Crippen molar-refractivity contribution in [1.29, 1.82) is 5.26 Å². The van der Waals surface area contributed by atoms with Crippen LogP contribution in [0.5, 0.6) is 0 Å². The summed E-state index contributed by atoms with van der Waals surface area (Å²) in [6, 6.07) is 2.07. The Kier molecular flexibility index (Phi) is 6.26. The third-order valence-electron chi connectivity index (χ3n) is 3.74. The fourth-order valence-corrected chi connectivity index (χ4v) is 2.41. The summed E-state index contributed by atoms with van der Waals surface area (Å²) in [7, 11) is 0. The minimum absolute atomic E-state index is 0.0827. The third-order valence-corrected chi connectivity index (χ3v) is 3.74. The van der Waals surface area contributed by atoms with Gasteiger partial charge in [0.1, 0.15) is 0 Å². The Morgan fingerprint density at radius 1 is 1.47 bits per heavy atom. The van der Waals surface area contributed by atoms with E-state index in [9.17, 15) is 9.90 Å². The van der Waals surface area contributed by atoms with E-state index in [1.165, 1.54) is 0 Å². The zero-order valence-electron chi connectivity index (χ0n) is 12.1. The minimum atomic E-state index is -0.594. The molecule has 0 aliphatic carbocycles. The fourth-order valence-electron chi connectivity index (χ4n) is 2.41. The molecule has 1 amide bonds. The van der Waals surface area contributed by atoms with E-state index in [1.54, 1.807) is 4.90 Å². The molecule has 0 spiro atoms. The Labute approximate surface area is 115 Å². The molecule has 1 atom stereocenters. The molecule has 0 bridgehead atoms. The topological polar surface area (TPSA) is 67.6 Å². The van der Waals surface area contributed by atoms with Crippen molar-refractivity contribution >= 4 is 5.91 Å². The summed E-state index contributed by atoms with van der Waals surface area (Å²) in [5, 5.41) is 18.6. The largest absolute Gasteiger partial charge is 0.390 e. The van der Waals surface area contributed by atoms with Gasteiger partial charge in [0.25, 0.3) is 0 Å². The van der Waals surface area contributed by atoms with Gasteiger partial charge in [0.05, 0.1) is 24.6 Å². The van der Waals surface area contributed by atoms with Gasteiger partial charge >= 0.3 is 0 Å². The van der Waals surface area contributed by atoms with Gasteiger partial charge < -0.3 is 10.0 Å². The van der Waals surface area contributed by atoms with Gasteiger partial charge in [0.15, 0.2) is 0 Å². The maximum atomic E-state index is 12.1. The van der Waals surface area contributed by atoms with Crippen LogP contribution in [0, 0.1) is 11.3 Å². The highest BCUT2D eigenvalue weighted by molar-refractivity contribution is 5.78. The second kappa shape index (κ2) is 7.46. The molecule has 0 radical (unpaired) electrons. The van der Waals surface area contributed by atoms with Crippen molar-refractivity contribution in [3.8, 4) is 6.07 Å². The third kappa shape index (κ3) is 5.58. The predicted octanol–water partition coefficient (Wildman–Crippen LogP) is 0.985. The standard InChI is InChI=1S/C14H25N3O2/c1-3-17(10-5-8-15)13(18)12-16-9-4-6-14(2,19)7-11-16/h19H,3-7,9-12H2,1-2H3. The number of likely N-dealkylation sites (tertiary alicyclic amines) is 1. The van der Waals surface area contributed by atoms with E-state index < -0.39 is 5.60 Å². The van der Waals surface area contributed by atoms with Crippen LogP contribution in [0.15, 0.2) is 0 Å². The lowest BCUT2D eigenvalue weighted by atomic mass is 9.98. The highest BCUT2D eigenvalue weighted by atomic mass is 16.3. The number of amides is 1. The van der Waals surface area contributed by atoms with E-state index in [1.807, 2.05) is 13.8 Å². The molecule has 1 N–H and O–H groups in total. The Morgan fingerprint density at radius 3 is 2.84 bits per heavy atom. The Hall–Kier alpha value is -1.12. The van der Waals surface area contributed by atoms with Crippen LogP contribution >= 0.6 is 0 Å². The SMILES string of the molecule is CCN(CCC#N)C(=O)CN1CCCC(C)(O)CC1. The van der Waals surface area contributed by atoms with Crippen LogP contribution in [-0.4, -0.2) is 59.1 Å². The molecule has 1 unspecified atom stereocenters. The van der Waals surface area contributed by atoms with Crippen LogP contribution in [0.25, 0.3) is 0 Å². The van der Waals surface area contributed by atoms with Gasteiger partial charge in [0, 0.05) is 19.6 Å². The Bertz CT molecular complexity index is 336. The molecule has 0 aromatic heterocycles. The molecule has 5 nitrogen and oxygen atoms in total. The Morgan fingerprint density at radius 2 is 2.21 bits per heavy atom. The fraction of sp³-hybridized carbons (Fsp3) is 0.857. The van der Waals surface area contributed by atoms with E-state index in [2.05, 4.69) is 11.0 Å². The monoisotopic (exact) mass is 267 g/mol. The van der Waals surface area contributed by atoms with Gasteiger partial charge in [-0.25, -0.2) is 0 Å². The number of carbonyl (C=O) groups excluding carboxylic acids is 1. The van der Waals surface area contributed by atoms with Gasteiger partial charge in [-0.3, -0.25) is 9.69 Å². The van der Waals surface area contributed by atoms with Crippen LogP contribution < -0.4 is 0 Å². The molecule has 0 aromatic rings. The first-order valence-corrected chi connectivity index (χ1v) is 7.08. The van der Waals surface area contributed by atoms with E-state index in [0.717, 1.165) is 25.9 Å². The first kappa shape index (κ1) is 15.9. The number of likely N-dealkylation sites (N-methyl/N-ethyl adjacent to an activating group) is 1. The molecule has 1 rings (SSSR count). The first-order valence-electron chi connectivity index (χ1n) is 7.08. The molecule has 1 heterocycles. The van der Waals surface area contributed by atoms with Crippen LogP contribution in [0.1, 0.15) is 39.5 Å². The van der Waals surface area contributed by atoms with E-state index in [-0.39, 0.29) is 5.91 Å². The summed E-state index contributed by atoms with van der Waals surface area (Å²) >= 11 is 0. The van der Waals surface area contributed by atoms with Crippen molar-refractivity contribution in [2.45, 2.75) is 45.1 Å². The molecule has 5 heteroatoms. The first-order chi connectivity index (χ1) is 8.98. The quantitative estimate of drug-likeness (QED) is 0.806. The zero-order valence-corrected chi connectivity index (χ0v) is 12.1. The summed E-state index contributed by atoms with van der Waals surface area (Å²) in [6.45, 7) is 6.97. The van der Waals surface area contributed by atoms with Gasteiger partial charge in [-0.2, -0.15) is 5.26 Å². The smallest absolute Gasteiger partial charge is 0.236 e. The molecule has 19 heavy (non-hydrogen) atoms. The van der Waals surface area contributed by atoms with Gasteiger partial charge in [-0.15, -0.1) is 0 Å². The van der Waals surface area contributed by atoms with Gasteiger partial charge in [0.2, 0.25) is 5.91 Å². The van der Waals surface area contributed by atoms with E-state index in [4.69, 9.17) is 5.26 Å². The van der Waals surface area contributed by atoms with Crippen LogP contribution in [0.4, 0.5) is 0 Å². The number of hydrogen-bond donors (Lipinski definition) is 1. The van der Waals surface area contributed by atoms with E-state index >= 15 is 0 Å². The van der Waals surface area contributed by atoms with Crippen LogP contribution in [-0.2, 0) is 4.79 Å². The minimum Gasteiger partial charge on any atom is -0.390 e. The van der Waals surface area contributed by atoms with Crippen molar-refractivity contribution in [3.05, 3.63) is 0 Å². The molecule has 1 saturated heterocycles. The molecule has 1 fully saturated rings. The maximum absolute atomic E-state index is 12.1. The molecule has 108 valence electrons. The maximum Gasteiger partial charge on any atom is 0.236 e. The molecule has 0 saturated carbocycles. The van der Waals surface area contributed by atoms with Crippen LogP contribution in [0.2, 0.25) is 0 Å². The van der Waals surface area contributed by atoms with Crippen molar-refractivity contribution in [2.75, 3.05) is 32.7 Å². The normalized spacial score (nSPS) is 24.5. The molecular formula is C14H25N3O2. The van der Waals surface area contributed by atoms with Gasteiger partial charge in [-0.05, 0) is 39.7 Å². The Balaban J connectivity index is 2.45. The lowest BCUT2D eigenvalue weighted by Gasteiger charge is -2.25. The summed E-state index contributed by atoms with van der Waals surface area (Å²) in [6.07, 6.45) is 2.81. The summed E-state index contributed by atoms with van der Waals surface area (Å²) in [4.78, 5) is 16.0. The predicted molar refractivity (Wildman–Crippen MR) is 73.4 cm³/mol. The number of rotatable bonds is 5. The summed E-state index contributed by atoms with van der Waals surface area (Å²) < 4.78 is 0. The second-order valence-electron chi connectivity index (χ2n) is 5.51. The summed E-state index contributed by atoms with van der Waals surface area (Å²) in [5.41, 5.74) is -0.594.